The van der Waals surface area contributed by atoms with E-state index in [1.54, 1.807) is 6.92 Å². The van der Waals surface area contributed by atoms with Crippen LogP contribution in [-0.2, 0) is 23.8 Å². The van der Waals surface area contributed by atoms with Crippen LogP contribution in [0.15, 0.2) is 12.2 Å². The summed E-state index contributed by atoms with van der Waals surface area (Å²) in [4.78, 5) is 23.1. The highest BCUT2D eigenvalue weighted by molar-refractivity contribution is 5.87. The van der Waals surface area contributed by atoms with Gasteiger partial charge in [-0.1, -0.05) is 6.58 Å². The van der Waals surface area contributed by atoms with Crippen LogP contribution in [0.2, 0.25) is 0 Å². The molecule has 164 valence electrons. The molecule has 0 aliphatic heterocycles. The number of hydrogen-bond donors (Lipinski definition) is 0. The van der Waals surface area contributed by atoms with Crippen LogP contribution in [0.5, 0.6) is 0 Å². The van der Waals surface area contributed by atoms with E-state index in [1.807, 2.05) is 0 Å². The number of rotatable bonds is 7. The fourth-order valence-corrected chi connectivity index (χ4v) is 5.27. The van der Waals surface area contributed by atoms with Crippen molar-refractivity contribution in [1.29, 1.82) is 0 Å². The quantitative estimate of drug-likeness (QED) is 0.267. The highest BCUT2D eigenvalue weighted by atomic mass is 19.4. The molecule has 0 spiro atoms. The van der Waals surface area contributed by atoms with Crippen LogP contribution in [0.4, 0.5) is 22.0 Å². The van der Waals surface area contributed by atoms with Crippen molar-refractivity contribution < 1.29 is 45.8 Å². The van der Waals surface area contributed by atoms with Crippen LogP contribution >= 0.6 is 0 Å². The van der Waals surface area contributed by atoms with Crippen molar-refractivity contribution in [2.75, 3.05) is 13.2 Å². The Labute approximate surface area is 164 Å². The maximum Gasteiger partial charge on any atom is 0.465 e. The first-order valence-electron chi connectivity index (χ1n) is 9.42. The molecule has 4 aliphatic carbocycles. The van der Waals surface area contributed by atoms with Gasteiger partial charge in [-0.2, -0.15) is 22.0 Å². The average molecular weight is 426 g/mol. The van der Waals surface area contributed by atoms with Gasteiger partial charge >= 0.3 is 24.0 Å². The fraction of sp³-hybridized carbons (Fsp3) is 0.789. The Morgan fingerprint density at radius 1 is 1.00 bits per heavy atom. The minimum absolute atomic E-state index is 0.270. The van der Waals surface area contributed by atoms with Crippen molar-refractivity contribution in [2.45, 2.75) is 68.7 Å². The summed E-state index contributed by atoms with van der Waals surface area (Å²) in [5.41, 5.74) is -1.06. The van der Waals surface area contributed by atoms with E-state index in [-0.39, 0.29) is 24.0 Å². The molecular formula is C19H23F5O5. The smallest absolute Gasteiger partial charge is 0.459 e. The Bertz CT molecular complexity index is 688. The second-order valence-corrected chi connectivity index (χ2v) is 8.55. The van der Waals surface area contributed by atoms with E-state index >= 15 is 0 Å². The van der Waals surface area contributed by atoms with Crippen LogP contribution in [-0.4, -0.2) is 48.5 Å². The van der Waals surface area contributed by atoms with E-state index in [0.29, 0.717) is 32.1 Å². The summed E-state index contributed by atoms with van der Waals surface area (Å²) >= 11 is 0. The molecule has 5 nitrogen and oxygen atoms in total. The minimum atomic E-state index is -6.01. The molecule has 4 saturated carbocycles. The van der Waals surface area contributed by atoms with Crippen LogP contribution < -0.4 is 0 Å². The number of alkyl halides is 5. The van der Waals surface area contributed by atoms with Gasteiger partial charge in [-0.3, -0.25) is 0 Å². The normalized spacial score (nSPS) is 33.4. The first-order valence-corrected chi connectivity index (χ1v) is 9.42. The summed E-state index contributed by atoms with van der Waals surface area (Å²) in [5, 5.41) is 0. The van der Waals surface area contributed by atoms with Crippen LogP contribution in [0.1, 0.15) is 45.4 Å². The van der Waals surface area contributed by atoms with Gasteiger partial charge in [-0.05, 0) is 50.9 Å². The van der Waals surface area contributed by atoms with Gasteiger partial charge in [0.25, 0.3) is 0 Å². The molecule has 2 atom stereocenters. The van der Waals surface area contributed by atoms with Gasteiger partial charge in [-0.15, -0.1) is 0 Å². The van der Waals surface area contributed by atoms with E-state index in [2.05, 4.69) is 11.3 Å². The molecule has 0 amide bonds. The van der Waals surface area contributed by atoms with Gasteiger partial charge in [-0.25, -0.2) is 9.59 Å². The average Bonchev–Trinajstić information content (AvgIpc) is 2.55. The molecular weight excluding hydrogens is 403 g/mol. The van der Waals surface area contributed by atoms with Gasteiger partial charge in [0.1, 0.15) is 12.2 Å². The predicted octanol–water partition coefficient (Wildman–Crippen LogP) is 3.95. The molecule has 10 heteroatoms. The molecule has 29 heavy (non-hydrogen) atoms. The zero-order valence-corrected chi connectivity index (χ0v) is 15.9. The van der Waals surface area contributed by atoms with E-state index in [4.69, 9.17) is 9.47 Å². The molecule has 4 rings (SSSR count). The van der Waals surface area contributed by atoms with Gasteiger partial charge in [0.05, 0.1) is 12.2 Å². The Morgan fingerprint density at radius 3 is 2.07 bits per heavy atom. The number of carbonyl (C=O) groups excluding carboxylic acids is 2. The SMILES string of the molecule is C=C(C)C(=O)OC12CC3CC(CC(OCCOC(=O)C(F)(F)C(F)(F)F)(C3)C1)C2. The summed E-state index contributed by atoms with van der Waals surface area (Å²) in [6.45, 7) is 4.11. The van der Waals surface area contributed by atoms with Crippen LogP contribution in [0, 0.1) is 11.8 Å². The van der Waals surface area contributed by atoms with Crippen LogP contribution in [0.25, 0.3) is 0 Å². The van der Waals surface area contributed by atoms with Crippen molar-refractivity contribution in [3.05, 3.63) is 12.2 Å². The second-order valence-electron chi connectivity index (χ2n) is 8.55. The Balaban J connectivity index is 1.58. The van der Waals surface area contributed by atoms with Crippen LogP contribution in [0.3, 0.4) is 0 Å². The van der Waals surface area contributed by atoms with Crippen molar-refractivity contribution in [3.63, 3.8) is 0 Å². The molecule has 4 bridgehead atoms. The number of carbonyl (C=O) groups is 2. The third-order valence-corrected chi connectivity index (χ3v) is 5.95. The van der Waals surface area contributed by atoms with Crippen molar-refractivity contribution >= 4 is 11.9 Å². The monoisotopic (exact) mass is 426 g/mol. The van der Waals surface area contributed by atoms with E-state index in [1.165, 1.54) is 0 Å². The van der Waals surface area contributed by atoms with Gasteiger partial charge in [0, 0.05) is 12.0 Å². The lowest BCUT2D eigenvalue weighted by Gasteiger charge is -2.60. The summed E-state index contributed by atoms with van der Waals surface area (Å²) in [7, 11) is 0. The van der Waals surface area contributed by atoms with E-state index < -0.39 is 41.8 Å². The molecule has 0 aromatic rings. The lowest BCUT2D eigenvalue weighted by atomic mass is 9.52. The highest BCUT2D eigenvalue weighted by Crippen LogP contribution is 2.60. The highest BCUT2D eigenvalue weighted by Gasteiger charge is 2.65. The molecule has 4 aliphatic rings. The first-order chi connectivity index (χ1) is 13.3. The number of hydrogen-bond acceptors (Lipinski definition) is 5. The summed E-state index contributed by atoms with van der Waals surface area (Å²) in [5.74, 6) is -8.15. The maximum absolute atomic E-state index is 12.9. The Kier molecular flexibility index (Phi) is 5.47. The number of esters is 2. The topological polar surface area (TPSA) is 61.8 Å². The molecule has 0 aromatic heterocycles. The summed E-state index contributed by atoms with van der Waals surface area (Å²) < 4.78 is 78.0. The second kappa shape index (κ2) is 7.21. The van der Waals surface area contributed by atoms with Gasteiger partial charge < -0.3 is 14.2 Å². The van der Waals surface area contributed by atoms with Gasteiger partial charge in [0.15, 0.2) is 0 Å². The minimum Gasteiger partial charge on any atom is -0.459 e. The predicted molar refractivity (Wildman–Crippen MR) is 89.0 cm³/mol. The fourth-order valence-electron chi connectivity index (χ4n) is 5.27. The zero-order chi connectivity index (χ0) is 21.7. The third kappa shape index (κ3) is 4.27. The van der Waals surface area contributed by atoms with Crippen molar-refractivity contribution in [2.24, 2.45) is 11.8 Å². The molecule has 0 saturated heterocycles. The molecule has 4 fully saturated rings. The molecule has 0 heterocycles. The standard InChI is InChI=1S/C19H23F5O5/c1-11(2)14(25)29-17-8-12-5-13(9-17)7-16(6-12,10-17)28-4-3-27-15(26)18(20,21)19(22,23)24/h12-13H,1,3-10H2,2H3. The number of ether oxygens (including phenoxy) is 3. The largest absolute Gasteiger partial charge is 0.465 e. The Morgan fingerprint density at radius 2 is 1.55 bits per heavy atom. The van der Waals surface area contributed by atoms with E-state index in [9.17, 15) is 31.5 Å². The lowest BCUT2D eigenvalue weighted by Crippen LogP contribution is -2.61. The maximum atomic E-state index is 12.9. The molecule has 0 N–H and O–H groups in total. The molecule has 0 aromatic carbocycles. The first kappa shape index (κ1) is 22.0. The van der Waals surface area contributed by atoms with Crippen molar-refractivity contribution in [3.8, 4) is 0 Å². The van der Waals surface area contributed by atoms with E-state index in [0.717, 1.165) is 6.42 Å². The third-order valence-electron chi connectivity index (χ3n) is 5.95. The van der Waals surface area contributed by atoms with Gasteiger partial charge in [0.2, 0.25) is 0 Å². The number of halogens is 5. The lowest BCUT2D eigenvalue weighted by molar-refractivity contribution is -0.281. The van der Waals surface area contributed by atoms with Crippen molar-refractivity contribution in [1.82, 2.24) is 0 Å². The zero-order valence-electron chi connectivity index (χ0n) is 15.9. The summed E-state index contributed by atoms with van der Waals surface area (Å²) in [6.07, 6.45) is -1.83. The summed E-state index contributed by atoms with van der Waals surface area (Å²) in [6, 6.07) is 0. The molecule has 0 radical (unpaired) electrons. The Hall–Kier alpha value is -1.71. The molecule has 2 unspecified atom stereocenters.